The zero-order valence-electron chi connectivity index (χ0n) is 15.5. The monoisotopic (exact) mass is 386 g/mol. The average Bonchev–Trinajstić information content (AvgIpc) is 3.03. The summed E-state index contributed by atoms with van der Waals surface area (Å²) in [7, 11) is -0.680. The van der Waals surface area contributed by atoms with E-state index in [0.29, 0.717) is 0 Å². The molecule has 1 aromatic heterocycles. The Kier molecular flexibility index (Phi) is 5.29. The van der Waals surface area contributed by atoms with Gasteiger partial charge in [-0.2, -0.15) is 0 Å². The molecule has 2 aromatic carbocycles. The van der Waals surface area contributed by atoms with E-state index in [4.69, 9.17) is 0 Å². The highest BCUT2D eigenvalue weighted by atomic mass is 32.2. The van der Waals surface area contributed by atoms with E-state index in [1.54, 1.807) is 12.1 Å². The molecule has 27 heavy (non-hydrogen) atoms. The van der Waals surface area contributed by atoms with Crippen LogP contribution in [0, 0.1) is 0 Å². The molecule has 0 spiro atoms. The first kappa shape index (κ1) is 19.1. The first-order chi connectivity index (χ1) is 12.8. The predicted molar refractivity (Wildman–Crippen MR) is 104 cm³/mol. The number of nitrogens with one attached hydrogen (secondary N) is 1. The van der Waals surface area contributed by atoms with Crippen molar-refractivity contribution in [2.24, 2.45) is 0 Å². The number of fused-ring (bicyclic) bond motifs is 1. The molecule has 0 saturated carbocycles. The molecule has 0 fully saturated rings. The second-order valence-electron chi connectivity index (χ2n) is 6.26. The lowest BCUT2D eigenvalue weighted by molar-refractivity contribution is 0.0949. The molecule has 0 aliphatic heterocycles. The zero-order valence-corrected chi connectivity index (χ0v) is 16.3. The van der Waals surface area contributed by atoms with Crippen LogP contribution >= 0.6 is 0 Å². The van der Waals surface area contributed by atoms with Gasteiger partial charge in [0, 0.05) is 26.2 Å². The van der Waals surface area contributed by atoms with Crippen LogP contribution in [0.5, 0.6) is 0 Å². The number of carbonyl (C=O) groups is 1. The van der Waals surface area contributed by atoms with Crippen molar-refractivity contribution in [3.05, 3.63) is 59.9 Å². The minimum absolute atomic E-state index is 0.0842. The van der Waals surface area contributed by atoms with Crippen LogP contribution in [0.15, 0.2) is 53.4 Å². The summed E-state index contributed by atoms with van der Waals surface area (Å²) in [4.78, 5) is 17.2. The van der Waals surface area contributed by atoms with Crippen LogP contribution in [0.1, 0.15) is 23.1 Å². The Bertz CT molecular complexity index is 1090. The Labute approximate surface area is 158 Å². The van der Waals surface area contributed by atoms with E-state index in [1.807, 2.05) is 35.8 Å². The molecule has 7 nitrogen and oxygen atoms in total. The highest BCUT2D eigenvalue weighted by Gasteiger charge is 2.19. The van der Waals surface area contributed by atoms with Crippen LogP contribution in [0.2, 0.25) is 0 Å². The highest BCUT2D eigenvalue weighted by Crippen LogP contribution is 2.17. The summed E-state index contributed by atoms with van der Waals surface area (Å²) < 4.78 is 27.7. The van der Waals surface area contributed by atoms with E-state index >= 15 is 0 Å². The second kappa shape index (κ2) is 7.50. The molecule has 0 unspecified atom stereocenters. The van der Waals surface area contributed by atoms with Crippen LogP contribution in [0.4, 0.5) is 0 Å². The van der Waals surface area contributed by atoms with Gasteiger partial charge in [0.15, 0.2) is 0 Å². The van der Waals surface area contributed by atoms with Crippen molar-refractivity contribution in [2.75, 3.05) is 14.1 Å². The molecule has 0 bridgehead atoms. The fraction of sp³-hybridized carbons (Fsp3) is 0.263. The van der Waals surface area contributed by atoms with Gasteiger partial charge in [0.2, 0.25) is 10.0 Å². The number of sulfonamides is 1. The smallest absolute Gasteiger partial charge is 0.251 e. The molecule has 1 N–H and O–H groups in total. The Morgan fingerprint density at radius 1 is 1.15 bits per heavy atom. The molecule has 0 atom stereocenters. The zero-order chi connectivity index (χ0) is 19.6. The number of hydrogen-bond acceptors (Lipinski definition) is 4. The third-order valence-electron chi connectivity index (χ3n) is 4.33. The van der Waals surface area contributed by atoms with Gasteiger partial charge < -0.3 is 9.88 Å². The van der Waals surface area contributed by atoms with E-state index in [-0.39, 0.29) is 22.9 Å². The van der Waals surface area contributed by atoms with Crippen molar-refractivity contribution in [2.45, 2.75) is 24.9 Å². The van der Waals surface area contributed by atoms with Gasteiger partial charge >= 0.3 is 0 Å². The number of para-hydroxylation sites is 2. The summed E-state index contributed by atoms with van der Waals surface area (Å²) in [5.41, 5.74) is 2.18. The van der Waals surface area contributed by atoms with Crippen molar-refractivity contribution in [1.29, 1.82) is 0 Å². The summed E-state index contributed by atoms with van der Waals surface area (Å²) in [6, 6.07) is 13.8. The highest BCUT2D eigenvalue weighted by molar-refractivity contribution is 7.89. The molecule has 0 aliphatic rings. The van der Waals surface area contributed by atoms with Gasteiger partial charge in [0.25, 0.3) is 5.91 Å². The minimum atomic E-state index is -3.59. The van der Waals surface area contributed by atoms with Crippen molar-refractivity contribution in [1.82, 2.24) is 19.2 Å². The SMILES string of the molecule is CCn1c(CNC(=O)c2cccc(S(=O)(=O)N(C)C)c2)nc2ccccc21. The lowest BCUT2D eigenvalue weighted by Crippen LogP contribution is -2.26. The number of imidazole rings is 1. The third-order valence-corrected chi connectivity index (χ3v) is 6.14. The summed E-state index contributed by atoms with van der Waals surface area (Å²) >= 11 is 0. The number of benzene rings is 2. The summed E-state index contributed by atoms with van der Waals surface area (Å²) in [5.74, 6) is 0.407. The van der Waals surface area contributed by atoms with E-state index in [2.05, 4.69) is 10.3 Å². The maximum absolute atomic E-state index is 12.5. The van der Waals surface area contributed by atoms with Gasteiger partial charge in [0.05, 0.1) is 22.5 Å². The van der Waals surface area contributed by atoms with Crippen molar-refractivity contribution < 1.29 is 13.2 Å². The van der Waals surface area contributed by atoms with Gasteiger partial charge in [0.1, 0.15) is 5.82 Å². The number of rotatable bonds is 6. The van der Waals surface area contributed by atoms with E-state index in [0.717, 1.165) is 27.7 Å². The quantitative estimate of drug-likeness (QED) is 0.704. The maximum atomic E-state index is 12.5. The van der Waals surface area contributed by atoms with Gasteiger partial charge in [-0.3, -0.25) is 4.79 Å². The van der Waals surface area contributed by atoms with E-state index < -0.39 is 10.0 Å². The number of amides is 1. The van der Waals surface area contributed by atoms with Gasteiger partial charge in [-0.25, -0.2) is 17.7 Å². The Morgan fingerprint density at radius 2 is 1.89 bits per heavy atom. The Balaban J connectivity index is 1.81. The maximum Gasteiger partial charge on any atom is 0.251 e. The number of carbonyl (C=O) groups excluding carboxylic acids is 1. The van der Waals surface area contributed by atoms with Crippen molar-refractivity contribution >= 4 is 27.0 Å². The van der Waals surface area contributed by atoms with Crippen molar-refractivity contribution in [3.8, 4) is 0 Å². The molecule has 142 valence electrons. The summed E-state index contributed by atoms with van der Waals surface area (Å²) in [6.45, 7) is 3.02. The van der Waals surface area contributed by atoms with Crippen LogP contribution in [0.3, 0.4) is 0 Å². The van der Waals surface area contributed by atoms with Crippen LogP contribution in [-0.4, -0.2) is 42.3 Å². The lowest BCUT2D eigenvalue weighted by Gasteiger charge is -2.12. The number of aromatic nitrogens is 2. The lowest BCUT2D eigenvalue weighted by atomic mass is 10.2. The van der Waals surface area contributed by atoms with Crippen LogP contribution in [-0.2, 0) is 23.1 Å². The van der Waals surface area contributed by atoms with Gasteiger partial charge in [-0.15, -0.1) is 0 Å². The normalized spacial score (nSPS) is 11.9. The molecule has 1 heterocycles. The molecule has 3 aromatic rings. The third kappa shape index (κ3) is 3.72. The second-order valence-corrected chi connectivity index (χ2v) is 8.41. The average molecular weight is 386 g/mol. The minimum Gasteiger partial charge on any atom is -0.345 e. The number of nitrogens with zero attached hydrogens (tertiary/aromatic N) is 3. The van der Waals surface area contributed by atoms with E-state index in [1.165, 1.54) is 26.2 Å². The molecule has 0 aliphatic carbocycles. The Morgan fingerprint density at radius 3 is 2.59 bits per heavy atom. The van der Waals surface area contributed by atoms with Crippen LogP contribution < -0.4 is 5.32 Å². The van der Waals surface area contributed by atoms with Gasteiger partial charge in [-0.05, 0) is 37.3 Å². The topological polar surface area (TPSA) is 84.3 Å². The summed E-state index contributed by atoms with van der Waals surface area (Å²) in [6.07, 6.45) is 0. The van der Waals surface area contributed by atoms with Gasteiger partial charge in [-0.1, -0.05) is 18.2 Å². The number of aryl methyl sites for hydroxylation is 1. The standard InChI is InChI=1S/C19H22N4O3S/c1-4-23-17-11-6-5-10-16(17)21-18(23)13-20-19(24)14-8-7-9-15(12-14)27(25,26)22(2)3/h5-12H,4,13H2,1-3H3,(H,20,24). The fourth-order valence-electron chi connectivity index (χ4n) is 2.88. The first-order valence-corrected chi connectivity index (χ1v) is 10.0. The Hall–Kier alpha value is -2.71. The van der Waals surface area contributed by atoms with Crippen LogP contribution in [0.25, 0.3) is 11.0 Å². The first-order valence-electron chi connectivity index (χ1n) is 8.59. The molecule has 0 radical (unpaired) electrons. The largest absolute Gasteiger partial charge is 0.345 e. The molecule has 3 rings (SSSR count). The summed E-state index contributed by atoms with van der Waals surface area (Å²) in [5, 5.41) is 2.83. The van der Waals surface area contributed by atoms with E-state index in [9.17, 15) is 13.2 Å². The molecule has 0 saturated heterocycles. The predicted octanol–water partition coefficient (Wildman–Crippen LogP) is 2.24. The molecular weight excluding hydrogens is 364 g/mol. The molecule has 8 heteroatoms. The fourth-order valence-corrected chi connectivity index (χ4v) is 3.83. The molecule has 1 amide bonds. The van der Waals surface area contributed by atoms with Crippen molar-refractivity contribution in [3.63, 3.8) is 0 Å². The number of hydrogen-bond donors (Lipinski definition) is 1. The molecular formula is C19H22N4O3S.